The minimum Gasteiger partial charge on any atom is -0.478 e. The summed E-state index contributed by atoms with van der Waals surface area (Å²) in [5.41, 5.74) is 4.13. The number of hydrogen-bond donors (Lipinski definition) is 1. The number of carboxylic acid groups (broad SMARTS) is 1. The number of carboxylic acids is 1. The molecule has 2 aromatic carbocycles. The Balaban J connectivity index is 1.91. The van der Waals surface area contributed by atoms with Crippen molar-refractivity contribution in [3.63, 3.8) is 0 Å². The normalized spacial score (nSPS) is 14.4. The lowest BCUT2D eigenvalue weighted by Gasteiger charge is -2.23. The Kier molecular flexibility index (Phi) is 3.97. The van der Waals surface area contributed by atoms with E-state index in [2.05, 4.69) is 45.1 Å². The monoisotopic (exact) mass is 345 g/mol. The molecule has 0 bridgehead atoms. The maximum absolute atomic E-state index is 11.1. The van der Waals surface area contributed by atoms with E-state index in [9.17, 15) is 4.79 Å². The molecule has 4 heteroatoms. The van der Waals surface area contributed by atoms with Crippen LogP contribution < -0.4 is 4.90 Å². The van der Waals surface area contributed by atoms with Crippen LogP contribution in [-0.2, 0) is 13.0 Å². The van der Waals surface area contributed by atoms with Crippen LogP contribution in [-0.4, -0.2) is 17.6 Å². The average Bonchev–Trinajstić information content (AvgIpc) is 2.68. The summed E-state index contributed by atoms with van der Waals surface area (Å²) in [7, 11) is 0. The largest absolute Gasteiger partial charge is 0.478 e. The zero-order valence-electron chi connectivity index (χ0n) is 11.6. The van der Waals surface area contributed by atoms with Crippen LogP contribution in [0.25, 0.3) is 0 Å². The second-order valence-electron chi connectivity index (χ2n) is 5.26. The van der Waals surface area contributed by atoms with Gasteiger partial charge in [0.05, 0.1) is 5.56 Å². The third kappa shape index (κ3) is 2.95. The van der Waals surface area contributed by atoms with E-state index in [1.807, 2.05) is 12.1 Å². The van der Waals surface area contributed by atoms with Gasteiger partial charge in [-0.05, 0) is 58.1 Å². The molecule has 0 atom stereocenters. The van der Waals surface area contributed by atoms with Gasteiger partial charge in [0.15, 0.2) is 0 Å². The molecule has 0 spiro atoms. The van der Waals surface area contributed by atoms with E-state index in [1.165, 1.54) is 11.1 Å². The van der Waals surface area contributed by atoms with Gasteiger partial charge in [-0.3, -0.25) is 0 Å². The Morgan fingerprint density at radius 2 is 1.90 bits per heavy atom. The fourth-order valence-electron chi connectivity index (χ4n) is 2.80. The molecule has 21 heavy (non-hydrogen) atoms. The van der Waals surface area contributed by atoms with E-state index < -0.39 is 5.97 Å². The second kappa shape index (κ2) is 5.90. The van der Waals surface area contributed by atoms with Crippen molar-refractivity contribution in [2.24, 2.45) is 0 Å². The molecule has 108 valence electrons. The summed E-state index contributed by atoms with van der Waals surface area (Å²) in [6.07, 6.45) is 2.20. The molecule has 0 radical (unpaired) electrons. The summed E-state index contributed by atoms with van der Waals surface area (Å²) >= 11 is 3.36. The number of fused-ring (bicyclic) bond motifs is 1. The van der Waals surface area contributed by atoms with Crippen LogP contribution in [0.3, 0.4) is 0 Å². The van der Waals surface area contributed by atoms with Crippen LogP contribution in [0.1, 0.15) is 27.9 Å². The van der Waals surface area contributed by atoms with Crippen LogP contribution in [0.15, 0.2) is 46.9 Å². The van der Waals surface area contributed by atoms with Crippen molar-refractivity contribution >= 4 is 27.6 Å². The lowest BCUT2D eigenvalue weighted by atomic mass is 10.0. The van der Waals surface area contributed by atoms with Gasteiger partial charge in [0.1, 0.15) is 0 Å². The first-order chi connectivity index (χ1) is 10.1. The summed E-state index contributed by atoms with van der Waals surface area (Å²) in [5.74, 6) is -0.908. The van der Waals surface area contributed by atoms with Gasteiger partial charge < -0.3 is 10.0 Å². The Bertz CT molecular complexity index is 684. The molecule has 1 heterocycles. The average molecular weight is 346 g/mol. The molecule has 0 aromatic heterocycles. The number of hydrogen-bond acceptors (Lipinski definition) is 2. The van der Waals surface area contributed by atoms with Gasteiger partial charge in [0, 0.05) is 23.2 Å². The van der Waals surface area contributed by atoms with Crippen LogP contribution >= 0.6 is 15.9 Å². The zero-order valence-corrected chi connectivity index (χ0v) is 13.1. The number of anilines is 1. The number of benzene rings is 2. The third-order valence-corrected chi connectivity index (χ3v) is 4.56. The number of aryl methyl sites for hydroxylation is 1. The van der Waals surface area contributed by atoms with Gasteiger partial charge in [-0.1, -0.05) is 24.3 Å². The molecule has 1 aliphatic rings. The van der Waals surface area contributed by atoms with E-state index in [0.717, 1.165) is 31.6 Å². The molecule has 1 N–H and O–H groups in total. The molecule has 0 saturated heterocycles. The molecule has 0 aliphatic carbocycles. The third-order valence-electron chi connectivity index (χ3n) is 3.90. The quantitative estimate of drug-likeness (QED) is 0.890. The molecular formula is C17H16BrNO2. The summed E-state index contributed by atoms with van der Waals surface area (Å²) in [5, 5.41) is 9.10. The van der Waals surface area contributed by atoms with Crippen molar-refractivity contribution in [1.29, 1.82) is 0 Å². The van der Waals surface area contributed by atoms with Crippen LogP contribution in [0, 0.1) is 0 Å². The molecule has 0 unspecified atom stereocenters. The highest BCUT2D eigenvalue weighted by molar-refractivity contribution is 9.10. The minimum atomic E-state index is -0.908. The summed E-state index contributed by atoms with van der Waals surface area (Å²) < 4.78 is 0.630. The van der Waals surface area contributed by atoms with E-state index in [1.54, 1.807) is 6.07 Å². The lowest BCUT2D eigenvalue weighted by molar-refractivity contribution is 0.0696. The van der Waals surface area contributed by atoms with Crippen LogP contribution in [0.5, 0.6) is 0 Å². The van der Waals surface area contributed by atoms with E-state index in [0.29, 0.717) is 10.0 Å². The van der Waals surface area contributed by atoms with Crippen LogP contribution in [0.4, 0.5) is 5.69 Å². The van der Waals surface area contributed by atoms with Gasteiger partial charge in [-0.2, -0.15) is 0 Å². The van der Waals surface area contributed by atoms with E-state index >= 15 is 0 Å². The molecule has 0 amide bonds. The summed E-state index contributed by atoms with van der Waals surface area (Å²) in [6, 6.07) is 14.0. The number of nitrogens with zero attached hydrogens (tertiary/aromatic N) is 1. The number of aromatic carboxylic acids is 1. The maximum Gasteiger partial charge on any atom is 0.336 e. The number of halogens is 1. The van der Waals surface area contributed by atoms with Crippen molar-refractivity contribution in [3.8, 4) is 0 Å². The Labute approximate surface area is 132 Å². The predicted molar refractivity (Wildman–Crippen MR) is 86.9 cm³/mol. The molecule has 1 aliphatic heterocycles. The molecule has 3 rings (SSSR count). The van der Waals surface area contributed by atoms with Crippen molar-refractivity contribution in [2.45, 2.75) is 19.4 Å². The van der Waals surface area contributed by atoms with Gasteiger partial charge in [0.25, 0.3) is 0 Å². The highest BCUT2D eigenvalue weighted by Crippen LogP contribution is 2.28. The van der Waals surface area contributed by atoms with Gasteiger partial charge in [0.2, 0.25) is 0 Å². The Morgan fingerprint density at radius 1 is 1.14 bits per heavy atom. The van der Waals surface area contributed by atoms with Crippen molar-refractivity contribution in [1.82, 2.24) is 0 Å². The SMILES string of the molecule is O=C(O)c1ccc(N2CCCc3ccccc3C2)cc1Br. The first-order valence-electron chi connectivity index (χ1n) is 7.00. The van der Waals surface area contributed by atoms with Crippen molar-refractivity contribution in [2.75, 3.05) is 11.4 Å². The predicted octanol–water partition coefficient (Wildman–Crippen LogP) is 4.10. The molecule has 0 fully saturated rings. The number of rotatable bonds is 2. The Hall–Kier alpha value is -1.81. The van der Waals surface area contributed by atoms with E-state index in [4.69, 9.17) is 5.11 Å². The smallest absolute Gasteiger partial charge is 0.336 e. The van der Waals surface area contributed by atoms with Gasteiger partial charge in [-0.15, -0.1) is 0 Å². The standard InChI is InChI=1S/C17H16BrNO2/c18-16-10-14(7-8-15(16)17(20)21)19-9-3-6-12-4-1-2-5-13(12)11-19/h1-2,4-5,7-8,10H,3,6,9,11H2,(H,20,21). The molecule has 3 nitrogen and oxygen atoms in total. The topological polar surface area (TPSA) is 40.5 Å². The first kappa shape index (κ1) is 14.1. The number of carbonyl (C=O) groups is 1. The fraction of sp³-hybridized carbons (Fsp3) is 0.235. The molecule has 2 aromatic rings. The Morgan fingerprint density at radius 3 is 2.62 bits per heavy atom. The van der Waals surface area contributed by atoms with Gasteiger partial charge >= 0.3 is 5.97 Å². The summed E-state index contributed by atoms with van der Waals surface area (Å²) in [6.45, 7) is 1.85. The van der Waals surface area contributed by atoms with Gasteiger partial charge in [-0.25, -0.2) is 4.79 Å². The molecule has 0 saturated carbocycles. The van der Waals surface area contributed by atoms with Crippen molar-refractivity contribution in [3.05, 3.63) is 63.6 Å². The highest BCUT2D eigenvalue weighted by atomic mass is 79.9. The first-order valence-corrected chi connectivity index (χ1v) is 7.79. The molecular weight excluding hydrogens is 330 g/mol. The van der Waals surface area contributed by atoms with E-state index in [-0.39, 0.29) is 0 Å². The summed E-state index contributed by atoms with van der Waals surface area (Å²) in [4.78, 5) is 13.4. The minimum absolute atomic E-state index is 0.300. The lowest BCUT2D eigenvalue weighted by Crippen LogP contribution is -2.22. The highest BCUT2D eigenvalue weighted by Gasteiger charge is 2.16. The van der Waals surface area contributed by atoms with Crippen LogP contribution in [0.2, 0.25) is 0 Å². The zero-order chi connectivity index (χ0) is 14.8. The maximum atomic E-state index is 11.1. The fourth-order valence-corrected chi connectivity index (χ4v) is 3.33. The second-order valence-corrected chi connectivity index (χ2v) is 6.12. The van der Waals surface area contributed by atoms with Crippen molar-refractivity contribution < 1.29 is 9.90 Å².